The minimum Gasteiger partial charge on any atom is -0.497 e. The van der Waals surface area contributed by atoms with E-state index in [0.717, 1.165) is 21.9 Å². The molecule has 3 aromatic carbocycles. The maximum Gasteiger partial charge on any atom is 0.264 e. The Kier molecular flexibility index (Phi) is 9.90. The average Bonchev–Trinajstić information content (AvgIpc) is 2.94. The number of nitrogens with zero attached hydrogens (tertiary/aromatic N) is 2. The number of aryl methyl sites for hydroxylation is 1. The number of methoxy groups -OCH3 is 1. The van der Waals surface area contributed by atoms with E-state index < -0.39 is 28.5 Å². The molecule has 0 saturated carbocycles. The maximum atomic E-state index is 13.9. The molecule has 0 bridgehead atoms. The van der Waals surface area contributed by atoms with Crippen molar-refractivity contribution in [2.24, 2.45) is 0 Å². The van der Waals surface area contributed by atoms with E-state index in [-0.39, 0.29) is 23.0 Å². The van der Waals surface area contributed by atoms with Crippen LogP contribution in [0.1, 0.15) is 31.4 Å². The highest BCUT2D eigenvalue weighted by molar-refractivity contribution is 7.92. The van der Waals surface area contributed by atoms with Crippen molar-refractivity contribution in [3.05, 3.63) is 90.0 Å². The number of hydrogen-bond acceptors (Lipinski definition) is 5. The molecule has 0 aliphatic heterocycles. The van der Waals surface area contributed by atoms with Crippen molar-refractivity contribution in [1.29, 1.82) is 0 Å². The Labute approximate surface area is 225 Å². The van der Waals surface area contributed by atoms with Gasteiger partial charge in [-0.2, -0.15) is 0 Å². The molecule has 3 rings (SSSR count). The van der Waals surface area contributed by atoms with Crippen molar-refractivity contribution in [3.63, 3.8) is 0 Å². The topological polar surface area (TPSA) is 96.0 Å². The van der Waals surface area contributed by atoms with E-state index in [2.05, 4.69) is 5.32 Å². The molecule has 0 aliphatic carbocycles. The molecule has 202 valence electrons. The number of sulfonamides is 1. The molecule has 0 aromatic heterocycles. The summed E-state index contributed by atoms with van der Waals surface area (Å²) in [6, 6.07) is 21.3. The maximum absolute atomic E-state index is 13.9. The highest BCUT2D eigenvalue weighted by atomic mass is 32.2. The molecule has 0 fully saturated rings. The summed E-state index contributed by atoms with van der Waals surface area (Å²) in [4.78, 5) is 28.2. The predicted molar refractivity (Wildman–Crippen MR) is 148 cm³/mol. The summed E-state index contributed by atoms with van der Waals surface area (Å²) < 4.78 is 33.9. The minimum atomic E-state index is -4.12. The zero-order valence-electron chi connectivity index (χ0n) is 22.3. The van der Waals surface area contributed by atoms with Crippen LogP contribution < -0.4 is 14.4 Å². The molecule has 1 N–H and O–H groups in total. The first-order valence-electron chi connectivity index (χ1n) is 12.5. The second-order valence-corrected chi connectivity index (χ2v) is 10.9. The first kappa shape index (κ1) is 28.7. The van der Waals surface area contributed by atoms with Crippen LogP contribution in [0.15, 0.2) is 83.8 Å². The fourth-order valence-electron chi connectivity index (χ4n) is 3.88. The second kappa shape index (κ2) is 13.1. The van der Waals surface area contributed by atoms with Crippen LogP contribution in [0.25, 0.3) is 0 Å². The lowest BCUT2D eigenvalue weighted by Crippen LogP contribution is -2.51. The summed E-state index contributed by atoms with van der Waals surface area (Å²) in [6.45, 7) is 5.69. The molecule has 0 radical (unpaired) electrons. The number of hydrogen-bond donors (Lipinski definition) is 1. The Morgan fingerprint density at radius 2 is 1.66 bits per heavy atom. The van der Waals surface area contributed by atoms with Crippen LogP contribution in [0.5, 0.6) is 5.75 Å². The zero-order valence-corrected chi connectivity index (χ0v) is 23.1. The van der Waals surface area contributed by atoms with Gasteiger partial charge in [0.15, 0.2) is 0 Å². The van der Waals surface area contributed by atoms with Crippen LogP contribution in [0.2, 0.25) is 0 Å². The lowest BCUT2D eigenvalue weighted by Gasteiger charge is -2.32. The monoisotopic (exact) mass is 537 g/mol. The minimum absolute atomic E-state index is 0.0504. The Balaban J connectivity index is 2.02. The fourth-order valence-corrected chi connectivity index (χ4v) is 5.31. The van der Waals surface area contributed by atoms with Gasteiger partial charge in [0.25, 0.3) is 10.0 Å². The van der Waals surface area contributed by atoms with Gasteiger partial charge in [0.05, 0.1) is 17.7 Å². The number of rotatable bonds is 12. The van der Waals surface area contributed by atoms with E-state index in [0.29, 0.717) is 12.3 Å². The van der Waals surface area contributed by atoms with Gasteiger partial charge < -0.3 is 15.0 Å². The zero-order chi connectivity index (χ0) is 27.7. The quantitative estimate of drug-likeness (QED) is 0.375. The lowest BCUT2D eigenvalue weighted by molar-refractivity contribution is -0.139. The van der Waals surface area contributed by atoms with Crippen LogP contribution in [0.3, 0.4) is 0 Å². The van der Waals surface area contributed by atoms with Gasteiger partial charge in [0.1, 0.15) is 18.3 Å². The molecular weight excluding hydrogens is 502 g/mol. The van der Waals surface area contributed by atoms with Gasteiger partial charge in [0, 0.05) is 19.2 Å². The summed E-state index contributed by atoms with van der Waals surface area (Å²) in [6.07, 6.45) is 0.753. The van der Waals surface area contributed by atoms with E-state index >= 15 is 0 Å². The first-order chi connectivity index (χ1) is 18.2. The van der Waals surface area contributed by atoms with Crippen LogP contribution >= 0.6 is 0 Å². The molecule has 0 unspecified atom stereocenters. The smallest absolute Gasteiger partial charge is 0.264 e. The average molecular weight is 538 g/mol. The van der Waals surface area contributed by atoms with Gasteiger partial charge in [0.2, 0.25) is 11.8 Å². The predicted octanol–water partition coefficient (Wildman–Crippen LogP) is 4.14. The standard InChI is InChI=1S/C29H35N3O5S/c1-5-18-30-29(34)23(3)31(20-24-16-14-22(2)15-17-24)28(33)21-32(25-10-9-11-26(19-25)37-4)38(35,36)27-12-7-6-8-13-27/h6-17,19,23H,5,18,20-21H2,1-4H3,(H,30,34)/t23-/m0/s1. The molecule has 9 heteroatoms. The van der Waals surface area contributed by atoms with Gasteiger partial charge in [-0.25, -0.2) is 8.42 Å². The molecular formula is C29H35N3O5S. The first-order valence-corrected chi connectivity index (χ1v) is 14.0. The number of anilines is 1. The summed E-state index contributed by atoms with van der Waals surface area (Å²) in [7, 11) is -2.63. The Morgan fingerprint density at radius 3 is 2.29 bits per heavy atom. The van der Waals surface area contributed by atoms with Gasteiger partial charge in [-0.15, -0.1) is 0 Å². The van der Waals surface area contributed by atoms with Crippen molar-refractivity contribution in [2.45, 2.75) is 44.7 Å². The van der Waals surface area contributed by atoms with Crippen LogP contribution in [0, 0.1) is 6.92 Å². The van der Waals surface area contributed by atoms with Crippen molar-refractivity contribution in [2.75, 3.05) is 24.5 Å². The number of carbonyl (C=O) groups is 2. The second-order valence-electron chi connectivity index (χ2n) is 9.00. The summed E-state index contributed by atoms with van der Waals surface area (Å²) in [5.74, 6) is -0.356. The lowest BCUT2D eigenvalue weighted by atomic mass is 10.1. The van der Waals surface area contributed by atoms with Crippen LogP contribution in [-0.2, 0) is 26.2 Å². The van der Waals surface area contributed by atoms with Crippen molar-refractivity contribution in [1.82, 2.24) is 10.2 Å². The van der Waals surface area contributed by atoms with E-state index in [4.69, 9.17) is 4.74 Å². The molecule has 0 spiro atoms. The van der Waals surface area contributed by atoms with Gasteiger partial charge >= 0.3 is 0 Å². The molecule has 0 heterocycles. The largest absolute Gasteiger partial charge is 0.497 e. The van der Waals surface area contributed by atoms with Gasteiger partial charge in [-0.3, -0.25) is 13.9 Å². The summed E-state index contributed by atoms with van der Waals surface area (Å²) in [5.41, 5.74) is 2.18. The highest BCUT2D eigenvalue weighted by Gasteiger charge is 2.32. The Hall–Kier alpha value is -3.85. The fraction of sp³-hybridized carbons (Fsp3) is 0.310. The van der Waals surface area contributed by atoms with Gasteiger partial charge in [-0.1, -0.05) is 61.0 Å². The highest BCUT2D eigenvalue weighted by Crippen LogP contribution is 2.27. The van der Waals surface area contributed by atoms with Crippen LogP contribution in [-0.4, -0.2) is 51.4 Å². The molecule has 1 atom stereocenters. The normalized spacial score (nSPS) is 11.9. The third kappa shape index (κ3) is 7.13. The number of carbonyl (C=O) groups excluding carboxylic acids is 2. The third-order valence-corrected chi connectivity index (χ3v) is 7.93. The Morgan fingerprint density at radius 1 is 0.974 bits per heavy atom. The molecule has 0 aliphatic rings. The molecule has 38 heavy (non-hydrogen) atoms. The van der Waals surface area contributed by atoms with E-state index in [1.165, 1.54) is 24.1 Å². The SMILES string of the molecule is CCCNC(=O)[C@H](C)N(Cc1ccc(C)cc1)C(=O)CN(c1cccc(OC)c1)S(=O)(=O)c1ccccc1. The summed E-state index contributed by atoms with van der Waals surface area (Å²) in [5, 5.41) is 2.84. The molecule has 3 aromatic rings. The molecule has 2 amide bonds. The third-order valence-electron chi connectivity index (χ3n) is 6.14. The summed E-state index contributed by atoms with van der Waals surface area (Å²) >= 11 is 0. The van der Waals surface area contributed by atoms with Crippen LogP contribution in [0.4, 0.5) is 5.69 Å². The van der Waals surface area contributed by atoms with E-state index in [1.807, 2.05) is 38.1 Å². The van der Waals surface area contributed by atoms with Crippen molar-refractivity contribution in [3.8, 4) is 5.75 Å². The van der Waals surface area contributed by atoms with Crippen molar-refractivity contribution < 1.29 is 22.7 Å². The number of benzene rings is 3. The van der Waals surface area contributed by atoms with E-state index in [1.54, 1.807) is 49.4 Å². The van der Waals surface area contributed by atoms with E-state index in [9.17, 15) is 18.0 Å². The Bertz CT molecular complexity index is 1330. The molecule has 8 nitrogen and oxygen atoms in total. The number of ether oxygens (including phenoxy) is 1. The van der Waals surface area contributed by atoms with Crippen molar-refractivity contribution >= 4 is 27.5 Å². The number of nitrogens with one attached hydrogen (secondary N) is 1. The molecule has 0 saturated heterocycles. The number of amides is 2. The van der Waals surface area contributed by atoms with Gasteiger partial charge in [-0.05, 0) is 50.1 Å².